The van der Waals surface area contributed by atoms with E-state index in [-0.39, 0.29) is 31.2 Å². The van der Waals surface area contributed by atoms with Crippen LogP contribution in [0.4, 0.5) is 0 Å². The zero-order valence-electron chi connectivity index (χ0n) is 9.08. The minimum Gasteiger partial charge on any atom is -0.395 e. The molecule has 17 heavy (non-hydrogen) atoms. The Morgan fingerprint density at radius 1 is 1.06 bits per heavy atom. The highest BCUT2D eigenvalue weighted by Crippen LogP contribution is 2.16. The van der Waals surface area contributed by atoms with Crippen LogP contribution in [0.15, 0.2) is 29.2 Å². The lowest BCUT2D eigenvalue weighted by molar-refractivity contribution is 0.217. The van der Waals surface area contributed by atoms with Crippen molar-refractivity contribution in [1.82, 2.24) is 4.31 Å². The van der Waals surface area contributed by atoms with Crippen LogP contribution in [-0.4, -0.2) is 49.2 Å². The first-order chi connectivity index (χ1) is 8.02. The van der Waals surface area contributed by atoms with E-state index in [2.05, 4.69) is 22.6 Å². The van der Waals surface area contributed by atoms with Crippen LogP contribution in [0.1, 0.15) is 0 Å². The smallest absolute Gasteiger partial charge is 0.243 e. The van der Waals surface area contributed by atoms with Gasteiger partial charge in [-0.3, -0.25) is 0 Å². The van der Waals surface area contributed by atoms with E-state index in [9.17, 15) is 8.42 Å². The van der Waals surface area contributed by atoms with Crippen molar-refractivity contribution in [3.63, 3.8) is 0 Å². The van der Waals surface area contributed by atoms with Gasteiger partial charge < -0.3 is 10.2 Å². The Labute approximate surface area is 114 Å². The summed E-state index contributed by atoms with van der Waals surface area (Å²) in [4.78, 5) is 0.166. The number of hydrogen-bond acceptors (Lipinski definition) is 4. The molecule has 96 valence electrons. The number of rotatable bonds is 6. The first-order valence-corrected chi connectivity index (χ1v) is 7.51. The normalized spacial score (nSPS) is 12.0. The summed E-state index contributed by atoms with van der Waals surface area (Å²) in [6, 6.07) is 6.42. The Hall–Kier alpha value is -0.220. The van der Waals surface area contributed by atoms with E-state index in [1.165, 1.54) is 12.1 Å². The van der Waals surface area contributed by atoms with Crippen molar-refractivity contribution < 1.29 is 18.6 Å². The molecule has 0 atom stereocenters. The Kier molecular flexibility index (Phi) is 5.80. The van der Waals surface area contributed by atoms with Crippen molar-refractivity contribution >= 4 is 32.6 Å². The number of aliphatic hydroxyl groups is 2. The zero-order chi connectivity index (χ0) is 12.9. The minimum absolute atomic E-state index is 0.0190. The maximum atomic E-state index is 12.1. The van der Waals surface area contributed by atoms with Gasteiger partial charge in [0.2, 0.25) is 10.0 Å². The summed E-state index contributed by atoms with van der Waals surface area (Å²) < 4.78 is 26.3. The lowest BCUT2D eigenvalue weighted by atomic mass is 10.4. The Balaban J connectivity index is 3.02. The fourth-order valence-corrected chi connectivity index (χ4v) is 3.11. The van der Waals surface area contributed by atoms with Gasteiger partial charge in [0, 0.05) is 16.7 Å². The molecule has 0 heterocycles. The van der Waals surface area contributed by atoms with Gasteiger partial charge in [-0.1, -0.05) is 0 Å². The molecule has 2 N–H and O–H groups in total. The summed E-state index contributed by atoms with van der Waals surface area (Å²) in [5, 5.41) is 17.7. The van der Waals surface area contributed by atoms with Crippen molar-refractivity contribution in [3.8, 4) is 0 Å². The Morgan fingerprint density at radius 2 is 1.53 bits per heavy atom. The molecule has 0 radical (unpaired) electrons. The fourth-order valence-electron chi connectivity index (χ4n) is 1.33. The number of nitrogens with zero attached hydrogens (tertiary/aromatic N) is 1. The molecular weight excluding hydrogens is 357 g/mol. The molecule has 0 saturated carbocycles. The van der Waals surface area contributed by atoms with Crippen molar-refractivity contribution in [1.29, 1.82) is 0 Å². The third-order valence-corrected chi connectivity index (χ3v) is 4.78. The van der Waals surface area contributed by atoms with Gasteiger partial charge in [-0.15, -0.1) is 0 Å². The lowest BCUT2D eigenvalue weighted by Gasteiger charge is -2.20. The van der Waals surface area contributed by atoms with Crippen LogP contribution in [-0.2, 0) is 10.0 Å². The third-order valence-electron chi connectivity index (χ3n) is 2.15. The predicted molar refractivity (Wildman–Crippen MR) is 72.1 cm³/mol. The highest BCUT2D eigenvalue weighted by atomic mass is 127. The van der Waals surface area contributed by atoms with Crippen molar-refractivity contribution in [2.24, 2.45) is 0 Å². The summed E-state index contributed by atoms with van der Waals surface area (Å²) in [5.74, 6) is 0. The summed E-state index contributed by atoms with van der Waals surface area (Å²) in [6.07, 6.45) is 0. The van der Waals surface area contributed by atoms with E-state index in [0.717, 1.165) is 7.88 Å². The maximum absolute atomic E-state index is 12.1. The average molecular weight is 371 g/mol. The van der Waals surface area contributed by atoms with Crippen LogP contribution in [0.3, 0.4) is 0 Å². The van der Waals surface area contributed by atoms with Crippen LogP contribution < -0.4 is 0 Å². The second kappa shape index (κ2) is 6.64. The molecule has 0 saturated heterocycles. The molecule has 0 aliphatic rings. The largest absolute Gasteiger partial charge is 0.395 e. The van der Waals surface area contributed by atoms with Crippen molar-refractivity contribution in [2.75, 3.05) is 26.3 Å². The molecule has 0 unspecified atom stereocenters. The van der Waals surface area contributed by atoms with Gasteiger partial charge in [-0.05, 0) is 46.9 Å². The van der Waals surface area contributed by atoms with Gasteiger partial charge in [-0.2, -0.15) is 4.31 Å². The molecule has 5 nitrogen and oxygen atoms in total. The van der Waals surface area contributed by atoms with Crippen LogP contribution in [0.5, 0.6) is 0 Å². The Morgan fingerprint density at radius 3 is 1.94 bits per heavy atom. The molecular formula is C10H14INO4S. The van der Waals surface area contributed by atoms with E-state index in [0.29, 0.717) is 0 Å². The van der Waals surface area contributed by atoms with Crippen molar-refractivity contribution in [3.05, 3.63) is 27.8 Å². The van der Waals surface area contributed by atoms with Gasteiger partial charge in [0.1, 0.15) is 0 Å². The third kappa shape index (κ3) is 3.88. The fraction of sp³-hybridized carbons (Fsp3) is 0.400. The predicted octanol–water partition coefficient (Wildman–Crippen LogP) is 0.267. The van der Waals surface area contributed by atoms with Crippen LogP contribution in [0.25, 0.3) is 0 Å². The van der Waals surface area contributed by atoms with Crippen LogP contribution >= 0.6 is 22.6 Å². The van der Waals surface area contributed by atoms with Crippen LogP contribution in [0, 0.1) is 3.57 Å². The van der Waals surface area contributed by atoms with E-state index in [4.69, 9.17) is 10.2 Å². The molecule has 0 bridgehead atoms. The average Bonchev–Trinajstić information content (AvgIpc) is 2.29. The Bertz CT molecular complexity index is 440. The number of hydrogen-bond donors (Lipinski definition) is 2. The second-order valence-corrected chi connectivity index (χ2v) is 6.49. The molecule has 1 aromatic carbocycles. The highest BCUT2D eigenvalue weighted by molar-refractivity contribution is 14.1. The molecule has 0 aliphatic carbocycles. The first kappa shape index (κ1) is 14.8. The number of halogens is 1. The molecule has 0 amide bonds. The first-order valence-electron chi connectivity index (χ1n) is 5.00. The molecule has 7 heteroatoms. The highest BCUT2D eigenvalue weighted by Gasteiger charge is 2.23. The van der Waals surface area contributed by atoms with Gasteiger partial charge >= 0.3 is 0 Å². The number of benzene rings is 1. The standard InChI is InChI=1S/C10H14INO4S/c11-9-1-3-10(4-2-9)17(15,16)12(5-7-13)6-8-14/h1-4,13-14H,5-8H2. The molecule has 0 aliphatic heterocycles. The summed E-state index contributed by atoms with van der Waals surface area (Å²) in [6.45, 7) is -0.586. The maximum Gasteiger partial charge on any atom is 0.243 e. The van der Waals surface area contributed by atoms with E-state index in [1.54, 1.807) is 12.1 Å². The van der Waals surface area contributed by atoms with Crippen molar-refractivity contribution in [2.45, 2.75) is 4.90 Å². The summed E-state index contributed by atoms with van der Waals surface area (Å²) in [7, 11) is -3.63. The molecule has 1 aromatic rings. The van der Waals surface area contributed by atoms with Gasteiger partial charge in [0.25, 0.3) is 0 Å². The number of sulfonamides is 1. The van der Waals surface area contributed by atoms with E-state index in [1.807, 2.05) is 0 Å². The molecule has 1 rings (SSSR count). The van der Waals surface area contributed by atoms with E-state index >= 15 is 0 Å². The molecule has 0 spiro atoms. The van der Waals surface area contributed by atoms with Crippen LogP contribution in [0.2, 0.25) is 0 Å². The lowest BCUT2D eigenvalue weighted by Crippen LogP contribution is -2.35. The zero-order valence-corrected chi connectivity index (χ0v) is 12.1. The van der Waals surface area contributed by atoms with Gasteiger partial charge in [0.05, 0.1) is 18.1 Å². The van der Waals surface area contributed by atoms with E-state index < -0.39 is 10.0 Å². The van der Waals surface area contributed by atoms with Gasteiger partial charge in [-0.25, -0.2) is 8.42 Å². The molecule has 0 aromatic heterocycles. The second-order valence-electron chi connectivity index (χ2n) is 3.31. The molecule has 0 fully saturated rings. The summed E-state index contributed by atoms with van der Waals surface area (Å²) in [5.41, 5.74) is 0. The summed E-state index contributed by atoms with van der Waals surface area (Å²) >= 11 is 2.09. The minimum atomic E-state index is -3.63. The topological polar surface area (TPSA) is 77.8 Å². The number of aliphatic hydroxyl groups excluding tert-OH is 2. The SMILES string of the molecule is O=S(=O)(c1ccc(I)cc1)N(CCO)CCO. The quantitative estimate of drug-likeness (QED) is 0.704. The monoisotopic (exact) mass is 371 g/mol. The van der Waals surface area contributed by atoms with Gasteiger partial charge in [0.15, 0.2) is 0 Å².